The van der Waals surface area contributed by atoms with Gasteiger partial charge < -0.3 is 10.1 Å². The second kappa shape index (κ2) is 5.63. The summed E-state index contributed by atoms with van der Waals surface area (Å²) in [7, 11) is 0. The van der Waals surface area contributed by atoms with E-state index in [9.17, 15) is 10.1 Å². The van der Waals surface area contributed by atoms with Crippen molar-refractivity contribution >= 4 is 11.4 Å². The fourth-order valence-corrected chi connectivity index (χ4v) is 1.33. The van der Waals surface area contributed by atoms with E-state index in [2.05, 4.69) is 5.32 Å². The van der Waals surface area contributed by atoms with Gasteiger partial charge in [-0.05, 0) is 26.8 Å². The molecule has 5 heteroatoms. The first kappa shape index (κ1) is 13.4. The van der Waals surface area contributed by atoms with Gasteiger partial charge in [0.15, 0.2) is 0 Å². The molecule has 5 nitrogen and oxygen atoms in total. The number of hydrogen-bond donors (Lipinski definition) is 1. The molecule has 0 aliphatic rings. The Balaban J connectivity index is 2.49. The van der Waals surface area contributed by atoms with Crippen LogP contribution >= 0.6 is 0 Å². The third-order valence-electron chi connectivity index (χ3n) is 2.05. The number of ether oxygens (including phenoxy) is 1. The lowest BCUT2D eigenvalue weighted by Gasteiger charge is -2.19. The first-order chi connectivity index (χ1) is 7.90. The number of benzene rings is 1. The Morgan fingerprint density at radius 2 is 2.00 bits per heavy atom. The van der Waals surface area contributed by atoms with Gasteiger partial charge in [0.05, 0.1) is 17.1 Å². The van der Waals surface area contributed by atoms with Gasteiger partial charge in [0.2, 0.25) is 0 Å². The molecule has 1 aromatic carbocycles. The maximum atomic E-state index is 10.7. The lowest BCUT2D eigenvalue weighted by atomic mass is 10.2. The number of nitro benzene ring substituents is 1. The summed E-state index contributed by atoms with van der Waals surface area (Å²) in [6.45, 7) is 6.96. The van der Waals surface area contributed by atoms with E-state index in [1.165, 1.54) is 6.07 Å². The van der Waals surface area contributed by atoms with Crippen molar-refractivity contribution in [1.29, 1.82) is 0 Å². The van der Waals surface area contributed by atoms with E-state index in [0.29, 0.717) is 18.8 Å². The Morgan fingerprint density at radius 3 is 2.59 bits per heavy atom. The number of nitrogens with zero attached hydrogens (tertiary/aromatic N) is 1. The van der Waals surface area contributed by atoms with Crippen molar-refractivity contribution in [3.8, 4) is 0 Å². The van der Waals surface area contributed by atoms with Crippen molar-refractivity contribution in [3.05, 3.63) is 34.4 Å². The lowest BCUT2D eigenvalue weighted by Crippen LogP contribution is -2.23. The molecule has 0 saturated heterocycles. The van der Waals surface area contributed by atoms with Crippen LogP contribution in [0.25, 0.3) is 0 Å². The number of nitro groups is 1. The fraction of sp³-hybridized carbons (Fsp3) is 0.500. The Morgan fingerprint density at radius 1 is 1.35 bits per heavy atom. The van der Waals surface area contributed by atoms with Gasteiger partial charge in [-0.1, -0.05) is 12.1 Å². The summed E-state index contributed by atoms with van der Waals surface area (Å²) in [5, 5.41) is 13.7. The van der Waals surface area contributed by atoms with E-state index >= 15 is 0 Å². The molecule has 94 valence electrons. The van der Waals surface area contributed by atoms with E-state index in [-0.39, 0.29) is 11.3 Å². The smallest absolute Gasteiger partial charge is 0.292 e. The highest BCUT2D eigenvalue weighted by molar-refractivity contribution is 5.60. The van der Waals surface area contributed by atoms with Crippen LogP contribution in [-0.2, 0) is 4.74 Å². The fourth-order valence-electron chi connectivity index (χ4n) is 1.33. The summed E-state index contributed by atoms with van der Waals surface area (Å²) in [6.07, 6.45) is 0. The minimum Gasteiger partial charge on any atom is -0.377 e. The van der Waals surface area contributed by atoms with Gasteiger partial charge in [-0.15, -0.1) is 0 Å². The molecule has 0 bridgehead atoms. The highest BCUT2D eigenvalue weighted by atomic mass is 16.6. The van der Waals surface area contributed by atoms with E-state index in [4.69, 9.17) is 4.74 Å². The van der Waals surface area contributed by atoms with Gasteiger partial charge in [0, 0.05) is 12.6 Å². The summed E-state index contributed by atoms with van der Waals surface area (Å²) >= 11 is 0. The molecule has 0 fully saturated rings. The summed E-state index contributed by atoms with van der Waals surface area (Å²) < 4.78 is 5.52. The van der Waals surface area contributed by atoms with Crippen LogP contribution in [0, 0.1) is 10.1 Å². The second-order valence-corrected chi connectivity index (χ2v) is 4.66. The monoisotopic (exact) mass is 238 g/mol. The zero-order chi connectivity index (χ0) is 12.9. The molecule has 17 heavy (non-hydrogen) atoms. The van der Waals surface area contributed by atoms with Gasteiger partial charge in [-0.25, -0.2) is 0 Å². The van der Waals surface area contributed by atoms with Crippen LogP contribution in [0.15, 0.2) is 24.3 Å². The number of para-hydroxylation sites is 2. The minimum atomic E-state index is -0.396. The molecular weight excluding hydrogens is 220 g/mol. The number of anilines is 1. The van der Waals surface area contributed by atoms with Crippen molar-refractivity contribution in [2.45, 2.75) is 26.4 Å². The SMILES string of the molecule is CC(C)(C)OCCNc1ccccc1[N+](=O)[O-]. The van der Waals surface area contributed by atoms with Crippen LogP contribution in [0.1, 0.15) is 20.8 Å². The number of nitrogens with one attached hydrogen (secondary N) is 1. The zero-order valence-electron chi connectivity index (χ0n) is 10.4. The van der Waals surface area contributed by atoms with Crippen molar-refractivity contribution in [2.75, 3.05) is 18.5 Å². The Bertz CT molecular complexity index is 386. The largest absolute Gasteiger partial charge is 0.377 e. The van der Waals surface area contributed by atoms with Gasteiger partial charge in [-0.2, -0.15) is 0 Å². The highest BCUT2D eigenvalue weighted by Gasteiger charge is 2.12. The summed E-state index contributed by atoms with van der Waals surface area (Å²) in [5.74, 6) is 0. The third kappa shape index (κ3) is 4.82. The van der Waals surface area contributed by atoms with Gasteiger partial charge in [0.25, 0.3) is 5.69 Å². The quantitative estimate of drug-likeness (QED) is 0.486. The average molecular weight is 238 g/mol. The first-order valence-corrected chi connectivity index (χ1v) is 5.51. The van der Waals surface area contributed by atoms with E-state index in [1.807, 2.05) is 20.8 Å². The lowest BCUT2D eigenvalue weighted by molar-refractivity contribution is -0.384. The summed E-state index contributed by atoms with van der Waals surface area (Å²) in [4.78, 5) is 10.4. The normalized spacial score (nSPS) is 11.2. The molecule has 0 aliphatic carbocycles. The van der Waals surface area contributed by atoms with E-state index in [0.717, 1.165) is 0 Å². The van der Waals surface area contributed by atoms with Gasteiger partial charge in [-0.3, -0.25) is 10.1 Å². The Hall–Kier alpha value is -1.62. The molecule has 0 atom stereocenters. The third-order valence-corrected chi connectivity index (χ3v) is 2.05. The van der Waals surface area contributed by atoms with Crippen LogP contribution in [0.4, 0.5) is 11.4 Å². The van der Waals surface area contributed by atoms with E-state index in [1.54, 1.807) is 18.2 Å². The Kier molecular flexibility index (Phi) is 4.45. The maximum absolute atomic E-state index is 10.7. The van der Waals surface area contributed by atoms with Crippen molar-refractivity contribution in [2.24, 2.45) is 0 Å². The molecule has 0 aromatic heterocycles. The second-order valence-electron chi connectivity index (χ2n) is 4.66. The van der Waals surface area contributed by atoms with Crippen LogP contribution in [0.5, 0.6) is 0 Å². The zero-order valence-corrected chi connectivity index (χ0v) is 10.4. The predicted molar refractivity (Wildman–Crippen MR) is 67.3 cm³/mol. The number of hydrogen-bond acceptors (Lipinski definition) is 4. The summed E-state index contributed by atoms with van der Waals surface area (Å²) in [6, 6.07) is 6.58. The minimum absolute atomic E-state index is 0.0864. The van der Waals surface area contributed by atoms with Crippen molar-refractivity contribution in [1.82, 2.24) is 0 Å². The highest BCUT2D eigenvalue weighted by Crippen LogP contribution is 2.22. The standard InChI is InChI=1S/C12H18N2O3/c1-12(2,3)17-9-8-13-10-6-4-5-7-11(10)14(15)16/h4-7,13H,8-9H2,1-3H3. The molecule has 0 aliphatic heterocycles. The Labute approximate surface area is 101 Å². The first-order valence-electron chi connectivity index (χ1n) is 5.51. The maximum Gasteiger partial charge on any atom is 0.292 e. The molecule has 0 heterocycles. The molecule has 0 saturated carbocycles. The molecular formula is C12H18N2O3. The molecule has 0 unspecified atom stereocenters. The van der Waals surface area contributed by atoms with Gasteiger partial charge >= 0.3 is 0 Å². The topological polar surface area (TPSA) is 64.4 Å². The summed E-state index contributed by atoms with van der Waals surface area (Å²) in [5.41, 5.74) is 0.419. The number of rotatable bonds is 5. The van der Waals surface area contributed by atoms with Crippen LogP contribution < -0.4 is 5.32 Å². The molecule has 1 rings (SSSR count). The van der Waals surface area contributed by atoms with Crippen LogP contribution in [0.2, 0.25) is 0 Å². The molecule has 0 amide bonds. The van der Waals surface area contributed by atoms with Crippen molar-refractivity contribution in [3.63, 3.8) is 0 Å². The molecule has 0 radical (unpaired) electrons. The molecule has 1 N–H and O–H groups in total. The molecule has 0 spiro atoms. The molecule has 1 aromatic rings. The van der Waals surface area contributed by atoms with Crippen LogP contribution in [0.3, 0.4) is 0 Å². The average Bonchev–Trinajstić information content (AvgIpc) is 2.23. The van der Waals surface area contributed by atoms with Crippen molar-refractivity contribution < 1.29 is 9.66 Å². The predicted octanol–water partition coefficient (Wildman–Crippen LogP) is 2.82. The van der Waals surface area contributed by atoms with Crippen LogP contribution in [-0.4, -0.2) is 23.7 Å². The van der Waals surface area contributed by atoms with Gasteiger partial charge in [0.1, 0.15) is 5.69 Å². The van der Waals surface area contributed by atoms with E-state index < -0.39 is 4.92 Å².